The molecule has 1 unspecified atom stereocenters. The average Bonchev–Trinajstić information content (AvgIpc) is 2.66. The molecule has 0 fully saturated rings. The number of rotatable bonds is 4. The molecule has 0 spiro atoms. The van der Waals surface area contributed by atoms with Crippen LogP contribution in [0.4, 0.5) is 5.69 Å². The van der Waals surface area contributed by atoms with Crippen LogP contribution in [0.25, 0.3) is 10.8 Å². The van der Waals surface area contributed by atoms with Crippen LogP contribution in [0.1, 0.15) is 47.1 Å². The molecule has 1 aromatic heterocycles. The van der Waals surface area contributed by atoms with Gasteiger partial charge in [0, 0.05) is 24.2 Å². The number of pyridine rings is 1. The van der Waals surface area contributed by atoms with E-state index in [0.29, 0.717) is 16.8 Å². The summed E-state index contributed by atoms with van der Waals surface area (Å²) in [5, 5.41) is 14.2. The van der Waals surface area contributed by atoms with Crippen molar-refractivity contribution in [1.29, 1.82) is 0 Å². The Morgan fingerprint density at radius 3 is 2.57 bits per heavy atom. The summed E-state index contributed by atoms with van der Waals surface area (Å²) in [7, 11) is 1.72. The van der Waals surface area contributed by atoms with Crippen molar-refractivity contribution in [2.75, 3.05) is 5.32 Å². The molecule has 0 amide bonds. The lowest BCUT2D eigenvalue weighted by Gasteiger charge is -2.20. The Hall–Kier alpha value is -3.52. The number of carboxylic acids is 1. The average molecular weight is 374 g/mol. The minimum atomic E-state index is -0.987. The smallest absolute Gasteiger partial charge is 0.337 e. The molecule has 0 saturated carbocycles. The van der Waals surface area contributed by atoms with E-state index in [4.69, 9.17) is 0 Å². The minimum Gasteiger partial charge on any atom is -0.478 e. The molecule has 0 aliphatic rings. The summed E-state index contributed by atoms with van der Waals surface area (Å²) in [6.45, 7) is 5.63. The molecule has 1 atom stereocenters. The van der Waals surface area contributed by atoms with Gasteiger partial charge in [0.1, 0.15) is 0 Å². The number of nitrogens with one attached hydrogen (secondary N) is 1. The number of aromatic nitrogens is 1. The topological polar surface area (TPSA) is 71.3 Å². The molecule has 5 nitrogen and oxygen atoms in total. The van der Waals surface area contributed by atoms with Gasteiger partial charge in [-0.3, -0.25) is 4.79 Å². The Kier molecular flexibility index (Phi) is 5.23. The number of hydrogen-bond donors (Lipinski definition) is 2. The van der Waals surface area contributed by atoms with Gasteiger partial charge in [-0.25, -0.2) is 4.79 Å². The summed E-state index contributed by atoms with van der Waals surface area (Å²) in [5.41, 5.74) is 3.18. The van der Waals surface area contributed by atoms with Gasteiger partial charge >= 0.3 is 5.97 Å². The number of nitrogens with zero attached hydrogens (tertiary/aromatic N) is 1. The molecule has 0 radical (unpaired) electrons. The predicted molar refractivity (Wildman–Crippen MR) is 112 cm³/mol. The fourth-order valence-corrected chi connectivity index (χ4v) is 3.40. The number of fused-ring (bicyclic) bond motifs is 1. The Morgan fingerprint density at radius 2 is 1.89 bits per heavy atom. The zero-order chi connectivity index (χ0) is 20.4. The van der Waals surface area contributed by atoms with Crippen molar-refractivity contribution in [3.8, 4) is 11.8 Å². The molecule has 142 valence electrons. The third kappa shape index (κ3) is 3.49. The number of carboxylic acid groups (broad SMARTS) is 1. The number of benzene rings is 2. The third-order valence-electron chi connectivity index (χ3n) is 4.78. The van der Waals surface area contributed by atoms with Gasteiger partial charge in [0.25, 0.3) is 5.56 Å². The SMILES string of the molecule is CC#Cc1cc2c(C(C)Nc3ccccc3C(=O)O)cc(C)cc2c(=O)n1C. The molecule has 0 aliphatic heterocycles. The van der Waals surface area contributed by atoms with Crippen LogP contribution in [0.2, 0.25) is 0 Å². The van der Waals surface area contributed by atoms with Crippen molar-refractivity contribution < 1.29 is 9.90 Å². The van der Waals surface area contributed by atoms with Gasteiger partial charge in [-0.1, -0.05) is 24.1 Å². The van der Waals surface area contributed by atoms with E-state index in [1.165, 1.54) is 0 Å². The first-order valence-corrected chi connectivity index (χ1v) is 8.99. The zero-order valence-corrected chi connectivity index (χ0v) is 16.3. The fourth-order valence-electron chi connectivity index (χ4n) is 3.40. The van der Waals surface area contributed by atoms with Crippen LogP contribution < -0.4 is 10.9 Å². The number of hydrogen-bond acceptors (Lipinski definition) is 3. The summed E-state index contributed by atoms with van der Waals surface area (Å²) in [6, 6.07) is 12.4. The van der Waals surface area contributed by atoms with Crippen molar-refractivity contribution in [2.45, 2.75) is 26.8 Å². The van der Waals surface area contributed by atoms with Crippen LogP contribution in [-0.2, 0) is 7.05 Å². The van der Waals surface area contributed by atoms with Gasteiger partial charge in [0.15, 0.2) is 0 Å². The third-order valence-corrected chi connectivity index (χ3v) is 4.78. The lowest BCUT2D eigenvalue weighted by Crippen LogP contribution is -2.20. The van der Waals surface area contributed by atoms with Gasteiger partial charge in [0.05, 0.1) is 11.3 Å². The largest absolute Gasteiger partial charge is 0.478 e. The summed E-state index contributed by atoms with van der Waals surface area (Å²) >= 11 is 0. The van der Waals surface area contributed by atoms with Crippen molar-refractivity contribution in [3.05, 3.63) is 75.2 Å². The second-order valence-electron chi connectivity index (χ2n) is 6.80. The number of aromatic carboxylic acids is 1. The molecule has 2 N–H and O–H groups in total. The highest BCUT2D eigenvalue weighted by molar-refractivity contribution is 5.94. The molecular weight excluding hydrogens is 352 g/mol. The van der Waals surface area contributed by atoms with Crippen molar-refractivity contribution >= 4 is 22.4 Å². The van der Waals surface area contributed by atoms with E-state index < -0.39 is 5.97 Å². The van der Waals surface area contributed by atoms with E-state index in [1.54, 1.807) is 42.8 Å². The second kappa shape index (κ2) is 7.61. The fraction of sp³-hybridized carbons (Fsp3) is 0.217. The van der Waals surface area contributed by atoms with Gasteiger partial charge in [0.2, 0.25) is 0 Å². The van der Waals surface area contributed by atoms with E-state index >= 15 is 0 Å². The number of para-hydroxylation sites is 1. The van der Waals surface area contributed by atoms with Crippen LogP contribution in [0.3, 0.4) is 0 Å². The van der Waals surface area contributed by atoms with E-state index in [-0.39, 0.29) is 17.2 Å². The van der Waals surface area contributed by atoms with Gasteiger partial charge < -0.3 is 15.0 Å². The van der Waals surface area contributed by atoms with Crippen LogP contribution in [0.15, 0.2) is 47.3 Å². The predicted octanol–water partition coefficient (Wildman–Crippen LogP) is 4.09. The quantitative estimate of drug-likeness (QED) is 0.675. The van der Waals surface area contributed by atoms with E-state index in [1.807, 2.05) is 32.0 Å². The van der Waals surface area contributed by atoms with Gasteiger partial charge in [-0.05, 0) is 67.5 Å². The molecule has 1 heterocycles. The summed E-state index contributed by atoms with van der Waals surface area (Å²) in [5.74, 6) is 4.84. The molecule has 0 aliphatic carbocycles. The first-order chi connectivity index (χ1) is 13.3. The van der Waals surface area contributed by atoms with Crippen molar-refractivity contribution in [3.63, 3.8) is 0 Å². The maximum Gasteiger partial charge on any atom is 0.337 e. The van der Waals surface area contributed by atoms with Gasteiger partial charge in [-0.15, -0.1) is 0 Å². The second-order valence-corrected chi connectivity index (χ2v) is 6.80. The van der Waals surface area contributed by atoms with Crippen molar-refractivity contribution in [1.82, 2.24) is 4.57 Å². The summed E-state index contributed by atoms with van der Waals surface area (Å²) in [6.07, 6.45) is 0. The number of anilines is 1. The minimum absolute atomic E-state index is 0.0988. The van der Waals surface area contributed by atoms with Gasteiger partial charge in [-0.2, -0.15) is 0 Å². The van der Waals surface area contributed by atoms with Crippen LogP contribution in [-0.4, -0.2) is 15.6 Å². The lowest BCUT2D eigenvalue weighted by atomic mass is 9.96. The molecule has 5 heteroatoms. The number of aryl methyl sites for hydroxylation is 1. The van der Waals surface area contributed by atoms with E-state index in [9.17, 15) is 14.7 Å². The van der Waals surface area contributed by atoms with Crippen LogP contribution in [0.5, 0.6) is 0 Å². The van der Waals surface area contributed by atoms with Crippen LogP contribution in [0, 0.1) is 18.8 Å². The Bertz CT molecular complexity index is 1200. The lowest BCUT2D eigenvalue weighted by molar-refractivity contribution is 0.0698. The highest BCUT2D eigenvalue weighted by atomic mass is 16.4. The molecule has 3 rings (SSSR count). The Labute approximate surface area is 163 Å². The first-order valence-electron chi connectivity index (χ1n) is 8.99. The zero-order valence-electron chi connectivity index (χ0n) is 16.3. The maximum absolute atomic E-state index is 12.8. The molecule has 28 heavy (non-hydrogen) atoms. The monoisotopic (exact) mass is 374 g/mol. The van der Waals surface area contributed by atoms with Crippen molar-refractivity contribution in [2.24, 2.45) is 7.05 Å². The molecule has 3 aromatic rings. The molecule has 0 bridgehead atoms. The highest BCUT2D eigenvalue weighted by Gasteiger charge is 2.17. The van der Waals surface area contributed by atoms with E-state index in [0.717, 1.165) is 16.5 Å². The normalized spacial score (nSPS) is 11.6. The molecule has 2 aromatic carbocycles. The summed E-state index contributed by atoms with van der Waals surface area (Å²) < 4.78 is 1.56. The van der Waals surface area contributed by atoms with Crippen LogP contribution >= 0.6 is 0 Å². The number of carbonyl (C=O) groups is 1. The maximum atomic E-state index is 12.8. The highest BCUT2D eigenvalue weighted by Crippen LogP contribution is 2.29. The molecular formula is C23H22N2O3. The Balaban J connectivity index is 2.18. The Morgan fingerprint density at radius 1 is 1.18 bits per heavy atom. The standard InChI is InChI=1S/C23H22N2O3/c1-5-8-16-13-19-18(11-14(2)12-20(19)22(26)25(16)4)15(3)24-21-10-7-6-9-17(21)23(27)28/h6-7,9-13,15,24H,1-4H3,(H,27,28). The summed E-state index contributed by atoms with van der Waals surface area (Å²) in [4.78, 5) is 24.4. The van der Waals surface area contributed by atoms with E-state index in [2.05, 4.69) is 17.2 Å². The molecule has 0 saturated heterocycles. The first kappa shape index (κ1) is 19.2.